The molecule has 4 heterocycles. The van der Waals surface area contributed by atoms with Gasteiger partial charge < -0.3 is 5.32 Å². The summed E-state index contributed by atoms with van der Waals surface area (Å²) in [6.45, 7) is 5.26. The Balaban J connectivity index is 1.47. The highest BCUT2D eigenvalue weighted by atomic mass is 32.1. The molecule has 1 N–H and O–H groups in total. The molecule has 0 aliphatic carbocycles. The van der Waals surface area contributed by atoms with Gasteiger partial charge in [0.05, 0.1) is 6.20 Å². The van der Waals surface area contributed by atoms with Crippen LogP contribution in [-0.2, 0) is 18.4 Å². The lowest BCUT2D eigenvalue weighted by molar-refractivity contribution is -0.120. The van der Waals surface area contributed by atoms with E-state index in [4.69, 9.17) is 0 Å². The summed E-state index contributed by atoms with van der Waals surface area (Å²) in [5, 5.41) is 7.62. The molecule has 5 nitrogen and oxygen atoms in total. The molecule has 1 amide bonds. The molecule has 24 heavy (non-hydrogen) atoms. The summed E-state index contributed by atoms with van der Waals surface area (Å²) >= 11 is 1.88. The number of nitrogens with zero attached hydrogens (tertiary/aromatic N) is 3. The van der Waals surface area contributed by atoms with E-state index in [-0.39, 0.29) is 17.4 Å². The van der Waals surface area contributed by atoms with E-state index < -0.39 is 0 Å². The molecule has 4 rings (SSSR count). The van der Waals surface area contributed by atoms with E-state index >= 15 is 0 Å². The number of aryl methyl sites for hydroxylation is 2. The van der Waals surface area contributed by atoms with Crippen LogP contribution in [0.4, 0.5) is 0 Å². The highest BCUT2D eigenvalue weighted by Gasteiger charge is 2.48. The number of nitrogens with one attached hydrogen (secondary N) is 1. The number of likely N-dealkylation sites (tertiary alicyclic amines) is 1. The second kappa shape index (κ2) is 6.01. The van der Waals surface area contributed by atoms with E-state index in [1.165, 1.54) is 15.3 Å². The molecule has 2 fully saturated rings. The Hall–Kier alpha value is -1.66. The van der Waals surface area contributed by atoms with Gasteiger partial charge in [0.2, 0.25) is 5.91 Å². The fraction of sp³-hybridized carbons (Fsp3) is 0.556. The summed E-state index contributed by atoms with van der Waals surface area (Å²) in [7, 11) is 1.94. The third-order valence-electron chi connectivity index (χ3n) is 5.50. The Morgan fingerprint density at radius 3 is 2.79 bits per heavy atom. The zero-order chi connectivity index (χ0) is 16.7. The van der Waals surface area contributed by atoms with Gasteiger partial charge in [-0.25, -0.2) is 0 Å². The Labute approximate surface area is 146 Å². The summed E-state index contributed by atoms with van der Waals surface area (Å²) in [6.07, 6.45) is 6.61. The number of rotatable bonds is 3. The lowest BCUT2D eigenvalue weighted by atomic mass is 9.75. The van der Waals surface area contributed by atoms with Crippen LogP contribution >= 0.6 is 11.3 Å². The van der Waals surface area contributed by atoms with Crippen molar-refractivity contribution in [1.29, 1.82) is 0 Å². The van der Waals surface area contributed by atoms with Crippen LogP contribution in [-0.4, -0.2) is 39.2 Å². The Morgan fingerprint density at radius 1 is 1.38 bits per heavy atom. The lowest BCUT2D eigenvalue weighted by Crippen LogP contribution is -2.53. The molecule has 2 aliphatic heterocycles. The van der Waals surface area contributed by atoms with E-state index in [9.17, 15) is 4.79 Å². The fourth-order valence-electron chi connectivity index (χ4n) is 4.23. The topological polar surface area (TPSA) is 50.2 Å². The van der Waals surface area contributed by atoms with Gasteiger partial charge in [0.25, 0.3) is 0 Å². The van der Waals surface area contributed by atoms with Gasteiger partial charge in [-0.3, -0.25) is 14.4 Å². The van der Waals surface area contributed by atoms with Crippen LogP contribution in [0.25, 0.3) is 0 Å². The molecular formula is C18H24N4OS. The quantitative estimate of drug-likeness (QED) is 0.930. The summed E-state index contributed by atoms with van der Waals surface area (Å²) in [5.41, 5.74) is 1.11. The molecule has 0 radical (unpaired) electrons. The van der Waals surface area contributed by atoms with Crippen LogP contribution < -0.4 is 5.32 Å². The molecule has 128 valence electrons. The molecule has 6 heteroatoms. The SMILES string of the molecule is Cc1ccc(CN2CCC3(CC2)NC(=O)C[C@H]3c2cnn(C)c2)s1. The normalized spacial score (nSPS) is 23.8. The third kappa shape index (κ3) is 2.89. The average molecular weight is 344 g/mol. The van der Waals surface area contributed by atoms with Gasteiger partial charge in [-0.15, -0.1) is 11.3 Å². The Kier molecular flexibility index (Phi) is 3.96. The van der Waals surface area contributed by atoms with E-state index in [1.807, 2.05) is 29.3 Å². The number of piperidine rings is 1. The minimum absolute atomic E-state index is 0.0814. The first kappa shape index (κ1) is 15.8. The average Bonchev–Trinajstić information content (AvgIpc) is 3.22. The van der Waals surface area contributed by atoms with Crippen molar-refractivity contribution >= 4 is 17.2 Å². The van der Waals surface area contributed by atoms with Crippen molar-refractivity contribution in [2.45, 2.75) is 44.2 Å². The molecule has 0 unspecified atom stereocenters. The van der Waals surface area contributed by atoms with E-state index in [1.54, 1.807) is 0 Å². The van der Waals surface area contributed by atoms with Gasteiger partial charge >= 0.3 is 0 Å². The van der Waals surface area contributed by atoms with E-state index in [0.29, 0.717) is 6.42 Å². The molecule has 2 aliphatic rings. The predicted octanol–water partition coefficient (Wildman–Crippen LogP) is 2.43. The van der Waals surface area contributed by atoms with Gasteiger partial charge in [0.1, 0.15) is 0 Å². The molecule has 2 aromatic rings. The van der Waals surface area contributed by atoms with Crippen LogP contribution in [0, 0.1) is 6.92 Å². The molecule has 2 saturated heterocycles. The minimum Gasteiger partial charge on any atom is -0.350 e. The predicted molar refractivity (Wildman–Crippen MR) is 95.0 cm³/mol. The van der Waals surface area contributed by atoms with Crippen molar-refractivity contribution in [3.8, 4) is 0 Å². The van der Waals surface area contributed by atoms with Crippen LogP contribution in [0.15, 0.2) is 24.5 Å². The molecule has 1 spiro atoms. The molecule has 0 bridgehead atoms. The molecule has 2 aromatic heterocycles. The van der Waals surface area contributed by atoms with Crippen molar-refractivity contribution in [1.82, 2.24) is 20.0 Å². The fourth-order valence-corrected chi connectivity index (χ4v) is 5.16. The maximum atomic E-state index is 12.1. The monoisotopic (exact) mass is 344 g/mol. The first-order valence-electron chi connectivity index (χ1n) is 8.61. The van der Waals surface area contributed by atoms with E-state index in [2.05, 4.69) is 40.6 Å². The number of carbonyl (C=O) groups excluding carboxylic acids is 1. The third-order valence-corrected chi connectivity index (χ3v) is 6.48. The van der Waals surface area contributed by atoms with Crippen molar-refractivity contribution in [3.63, 3.8) is 0 Å². The number of hydrogen-bond donors (Lipinski definition) is 1. The summed E-state index contributed by atoms with van der Waals surface area (Å²) in [6, 6.07) is 4.43. The number of hydrogen-bond acceptors (Lipinski definition) is 4. The second-order valence-electron chi connectivity index (χ2n) is 7.20. The van der Waals surface area contributed by atoms with E-state index in [0.717, 1.165) is 32.5 Å². The van der Waals surface area contributed by atoms with Crippen molar-refractivity contribution in [3.05, 3.63) is 39.8 Å². The smallest absolute Gasteiger partial charge is 0.221 e. The molecular weight excluding hydrogens is 320 g/mol. The summed E-state index contributed by atoms with van der Waals surface area (Å²) in [5.74, 6) is 0.441. The van der Waals surface area contributed by atoms with Crippen molar-refractivity contribution < 1.29 is 4.79 Å². The first-order valence-corrected chi connectivity index (χ1v) is 9.43. The summed E-state index contributed by atoms with van der Waals surface area (Å²) in [4.78, 5) is 17.5. The number of amides is 1. The zero-order valence-electron chi connectivity index (χ0n) is 14.3. The lowest BCUT2D eigenvalue weighted by Gasteiger charge is -2.42. The molecule has 0 aromatic carbocycles. The van der Waals surface area contributed by atoms with Gasteiger partial charge in [0.15, 0.2) is 0 Å². The standard InChI is InChI=1S/C18H24N4OS/c1-13-3-4-15(24-13)12-22-7-5-18(6-8-22)16(9-17(23)20-18)14-10-19-21(2)11-14/h3-4,10-11,16H,5-9,12H2,1-2H3,(H,20,23)/t16-/m0/s1. The second-order valence-corrected chi connectivity index (χ2v) is 8.57. The molecule has 0 saturated carbocycles. The highest BCUT2D eigenvalue weighted by Crippen LogP contribution is 2.43. The minimum atomic E-state index is -0.0814. The first-order chi connectivity index (χ1) is 11.5. The van der Waals surface area contributed by atoms with Gasteiger partial charge in [-0.2, -0.15) is 5.10 Å². The van der Waals surface area contributed by atoms with Gasteiger partial charge in [0, 0.05) is 60.5 Å². The van der Waals surface area contributed by atoms with Crippen LogP contribution in [0.1, 0.15) is 40.5 Å². The Bertz CT molecular complexity index is 742. The summed E-state index contributed by atoms with van der Waals surface area (Å²) < 4.78 is 1.83. The van der Waals surface area contributed by atoms with Crippen LogP contribution in [0.2, 0.25) is 0 Å². The Morgan fingerprint density at radius 2 is 2.17 bits per heavy atom. The largest absolute Gasteiger partial charge is 0.350 e. The number of thiophene rings is 1. The number of aromatic nitrogens is 2. The van der Waals surface area contributed by atoms with Crippen LogP contribution in [0.3, 0.4) is 0 Å². The van der Waals surface area contributed by atoms with Gasteiger partial charge in [-0.1, -0.05) is 0 Å². The van der Waals surface area contributed by atoms with Crippen molar-refractivity contribution in [2.24, 2.45) is 7.05 Å². The van der Waals surface area contributed by atoms with Crippen molar-refractivity contribution in [2.75, 3.05) is 13.1 Å². The maximum absolute atomic E-state index is 12.1. The highest BCUT2D eigenvalue weighted by molar-refractivity contribution is 7.11. The maximum Gasteiger partial charge on any atom is 0.221 e. The number of carbonyl (C=O) groups is 1. The molecule has 1 atom stereocenters. The van der Waals surface area contributed by atoms with Crippen LogP contribution in [0.5, 0.6) is 0 Å². The van der Waals surface area contributed by atoms with Gasteiger partial charge in [-0.05, 0) is 37.5 Å². The zero-order valence-corrected chi connectivity index (χ0v) is 15.1.